The summed E-state index contributed by atoms with van der Waals surface area (Å²) in [6, 6.07) is 5.62. The number of methoxy groups -OCH3 is 2. The number of amides is 2. The Labute approximate surface area is 168 Å². The van der Waals surface area contributed by atoms with Gasteiger partial charge in [-0.15, -0.1) is 0 Å². The number of carbonyl (C=O) groups is 2. The molecule has 2 aliphatic rings. The van der Waals surface area contributed by atoms with Crippen molar-refractivity contribution in [1.82, 2.24) is 10.2 Å². The molecule has 0 unspecified atom stereocenters. The summed E-state index contributed by atoms with van der Waals surface area (Å²) in [5.41, 5.74) is 0.795. The molecule has 6 nitrogen and oxygen atoms in total. The summed E-state index contributed by atoms with van der Waals surface area (Å²) < 4.78 is 10.9. The number of thioether (sulfide) groups is 1. The van der Waals surface area contributed by atoms with Gasteiger partial charge in [0.15, 0.2) is 11.5 Å². The Morgan fingerprint density at radius 2 is 2.00 bits per heavy atom. The van der Waals surface area contributed by atoms with Crippen LogP contribution in [0.4, 0.5) is 0 Å². The highest BCUT2D eigenvalue weighted by Gasteiger charge is 2.33. The van der Waals surface area contributed by atoms with Crippen LogP contribution in [-0.4, -0.2) is 47.8 Å². The SMILES string of the molecule is COc1ccc(C=C2SC(=S)N(CC(=O)NC3CCCC3)C2=O)cc1OC. The van der Waals surface area contributed by atoms with E-state index in [4.69, 9.17) is 21.7 Å². The zero-order valence-electron chi connectivity index (χ0n) is 15.3. The number of benzene rings is 1. The molecule has 1 N–H and O–H groups in total. The molecule has 1 aliphatic carbocycles. The van der Waals surface area contributed by atoms with Gasteiger partial charge in [-0.05, 0) is 36.6 Å². The van der Waals surface area contributed by atoms with Crippen LogP contribution in [0.5, 0.6) is 11.5 Å². The van der Waals surface area contributed by atoms with E-state index >= 15 is 0 Å². The second kappa shape index (κ2) is 8.75. The Bertz CT molecular complexity index is 788. The van der Waals surface area contributed by atoms with E-state index in [0.29, 0.717) is 20.7 Å². The van der Waals surface area contributed by atoms with Crippen LogP contribution < -0.4 is 14.8 Å². The maximum atomic E-state index is 12.7. The molecule has 0 aromatic heterocycles. The lowest BCUT2D eigenvalue weighted by atomic mass is 10.2. The van der Waals surface area contributed by atoms with Crippen molar-refractivity contribution in [2.24, 2.45) is 0 Å². The van der Waals surface area contributed by atoms with Crippen LogP contribution in [-0.2, 0) is 9.59 Å². The lowest BCUT2D eigenvalue weighted by Crippen LogP contribution is -2.42. The molecule has 0 radical (unpaired) electrons. The van der Waals surface area contributed by atoms with E-state index in [0.717, 1.165) is 31.2 Å². The van der Waals surface area contributed by atoms with Gasteiger partial charge < -0.3 is 14.8 Å². The Morgan fingerprint density at radius 1 is 1.30 bits per heavy atom. The van der Waals surface area contributed by atoms with Gasteiger partial charge in [-0.1, -0.05) is 42.9 Å². The van der Waals surface area contributed by atoms with E-state index in [1.807, 2.05) is 6.07 Å². The molecule has 1 aromatic rings. The second-order valence-corrected chi connectivity index (χ2v) is 8.11. The lowest BCUT2D eigenvalue weighted by Gasteiger charge is -2.17. The van der Waals surface area contributed by atoms with E-state index in [1.54, 1.807) is 32.4 Å². The number of thiocarbonyl (C=S) groups is 1. The van der Waals surface area contributed by atoms with Crippen molar-refractivity contribution in [3.05, 3.63) is 28.7 Å². The van der Waals surface area contributed by atoms with Gasteiger partial charge in [-0.2, -0.15) is 0 Å². The standard InChI is InChI=1S/C19H22N2O4S2/c1-24-14-8-7-12(9-15(14)25-2)10-16-18(23)21(19(26)27-16)11-17(22)20-13-5-3-4-6-13/h7-10,13H,3-6,11H2,1-2H3,(H,20,22). The highest BCUT2D eigenvalue weighted by atomic mass is 32.2. The lowest BCUT2D eigenvalue weighted by molar-refractivity contribution is -0.129. The van der Waals surface area contributed by atoms with Gasteiger partial charge in [0.1, 0.15) is 10.9 Å². The van der Waals surface area contributed by atoms with Crippen molar-refractivity contribution < 1.29 is 19.1 Å². The summed E-state index contributed by atoms with van der Waals surface area (Å²) >= 11 is 6.50. The number of nitrogens with one attached hydrogen (secondary N) is 1. The highest BCUT2D eigenvalue weighted by molar-refractivity contribution is 8.26. The van der Waals surface area contributed by atoms with Crippen LogP contribution in [0.15, 0.2) is 23.1 Å². The van der Waals surface area contributed by atoms with Crippen LogP contribution in [0.25, 0.3) is 6.08 Å². The maximum absolute atomic E-state index is 12.7. The van der Waals surface area contributed by atoms with Gasteiger partial charge in [0, 0.05) is 6.04 Å². The first-order chi connectivity index (χ1) is 13.0. The summed E-state index contributed by atoms with van der Waals surface area (Å²) in [6.07, 6.45) is 6.03. The first-order valence-corrected chi connectivity index (χ1v) is 10.0. The fourth-order valence-electron chi connectivity index (χ4n) is 3.22. The third-order valence-corrected chi connectivity index (χ3v) is 5.98. The van der Waals surface area contributed by atoms with Gasteiger partial charge >= 0.3 is 0 Å². The third-order valence-electron chi connectivity index (χ3n) is 4.60. The number of rotatable bonds is 6. The number of hydrogen-bond acceptors (Lipinski definition) is 6. The number of carbonyl (C=O) groups excluding carboxylic acids is 2. The predicted molar refractivity (Wildman–Crippen MR) is 110 cm³/mol. The van der Waals surface area contributed by atoms with Crippen molar-refractivity contribution in [2.45, 2.75) is 31.7 Å². The van der Waals surface area contributed by atoms with Crippen molar-refractivity contribution in [3.8, 4) is 11.5 Å². The number of nitrogens with zero attached hydrogens (tertiary/aromatic N) is 1. The summed E-state index contributed by atoms with van der Waals surface area (Å²) in [5.74, 6) is 0.787. The van der Waals surface area contributed by atoms with Crippen molar-refractivity contribution >= 4 is 46.2 Å². The molecule has 3 rings (SSSR count). The van der Waals surface area contributed by atoms with E-state index in [2.05, 4.69) is 5.32 Å². The minimum Gasteiger partial charge on any atom is -0.493 e. The zero-order valence-corrected chi connectivity index (χ0v) is 17.0. The molecule has 2 fully saturated rings. The Hall–Kier alpha value is -2.06. The molecule has 1 saturated carbocycles. The van der Waals surface area contributed by atoms with Crippen molar-refractivity contribution in [3.63, 3.8) is 0 Å². The highest BCUT2D eigenvalue weighted by Crippen LogP contribution is 2.34. The zero-order chi connectivity index (χ0) is 19.4. The Balaban J connectivity index is 1.69. The van der Waals surface area contributed by atoms with E-state index < -0.39 is 0 Å². The largest absolute Gasteiger partial charge is 0.493 e. The molecule has 2 amide bonds. The molecular weight excluding hydrogens is 384 g/mol. The van der Waals surface area contributed by atoms with Gasteiger partial charge in [-0.25, -0.2) is 0 Å². The van der Waals surface area contributed by atoms with Crippen molar-refractivity contribution in [2.75, 3.05) is 20.8 Å². The van der Waals surface area contributed by atoms with Crippen molar-refractivity contribution in [1.29, 1.82) is 0 Å². The normalized spacial score (nSPS) is 19.0. The quantitative estimate of drug-likeness (QED) is 0.579. The van der Waals surface area contributed by atoms with Gasteiger partial charge in [0.05, 0.1) is 19.1 Å². The van der Waals surface area contributed by atoms with Crippen LogP contribution in [0, 0.1) is 0 Å². The first kappa shape index (κ1) is 19.7. The molecule has 1 aromatic carbocycles. The van der Waals surface area contributed by atoms with Gasteiger partial charge in [0.2, 0.25) is 5.91 Å². The van der Waals surface area contributed by atoms with E-state index in [1.165, 1.54) is 16.7 Å². The van der Waals surface area contributed by atoms with Crippen LogP contribution in [0.2, 0.25) is 0 Å². The molecule has 1 heterocycles. The second-order valence-electron chi connectivity index (χ2n) is 6.43. The van der Waals surface area contributed by atoms with Gasteiger partial charge in [-0.3, -0.25) is 14.5 Å². The Kier molecular flexibility index (Phi) is 6.38. The van der Waals surface area contributed by atoms with Crippen LogP contribution in [0.3, 0.4) is 0 Å². The van der Waals surface area contributed by atoms with E-state index in [-0.39, 0.29) is 24.4 Å². The molecule has 0 spiro atoms. The predicted octanol–water partition coefficient (Wildman–Crippen LogP) is 2.96. The number of hydrogen-bond donors (Lipinski definition) is 1. The summed E-state index contributed by atoms with van der Waals surface area (Å²) in [6.45, 7) is -0.0373. The minimum absolute atomic E-state index is 0.0373. The maximum Gasteiger partial charge on any atom is 0.266 e. The summed E-state index contributed by atoms with van der Waals surface area (Å²) in [5, 5.41) is 2.99. The summed E-state index contributed by atoms with van der Waals surface area (Å²) in [4.78, 5) is 26.8. The molecule has 0 atom stereocenters. The summed E-state index contributed by atoms with van der Waals surface area (Å²) in [7, 11) is 3.13. The molecule has 1 saturated heterocycles. The molecule has 27 heavy (non-hydrogen) atoms. The topological polar surface area (TPSA) is 67.9 Å². The molecule has 1 aliphatic heterocycles. The Morgan fingerprint density at radius 3 is 2.67 bits per heavy atom. The molecule has 8 heteroatoms. The van der Waals surface area contributed by atoms with Crippen LogP contribution >= 0.6 is 24.0 Å². The monoisotopic (exact) mass is 406 g/mol. The molecule has 0 bridgehead atoms. The molecule has 144 valence electrons. The van der Waals surface area contributed by atoms with Crippen LogP contribution in [0.1, 0.15) is 31.2 Å². The fraction of sp³-hybridized carbons (Fsp3) is 0.421. The number of ether oxygens (including phenoxy) is 2. The molecular formula is C19H22N2O4S2. The third kappa shape index (κ3) is 4.62. The van der Waals surface area contributed by atoms with Gasteiger partial charge in [0.25, 0.3) is 5.91 Å². The van der Waals surface area contributed by atoms with E-state index in [9.17, 15) is 9.59 Å². The smallest absolute Gasteiger partial charge is 0.266 e. The fourth-order valence-corrected chi connectivity index (χ4v) is 4.47. The minimum atomic E-state index is -0.249. The average Bonchev–Trinajstić information content (AvgIpc) is 3.25. The first-order valence-electron chi connectivity index (χ1n) is 8.78. The average molecular weight is 407 g/mol.